The largest absolute Gasteiger partial charge is 0.330 e. The maximum absolute atomic E-state index is 13.0. The van der Waals surface area contributed by atoms with Gasteiger partial charge in [-0.25, -0.2) is 8.78 Å². The van der Waals surface area contributed by atoms with Gasteiger partial charge in [0.25, 0.3) is 5.91 Å². The third-order valence-electron chi connectivity index (χ3n) is 2.83. The van der Waals surface area contributed by atoms with E-state index < -0.39 is 11.6 Å². The van der Waals surface area contributed by atoms with Crippen LogP contribution in [0, 0.1) is 11.6 Å². The molecule has 2 aromatic rings. The van der Waals surface area contributed by atoms with Gasteiger partial charge in [-0.2, -0.15) is 0 Å². The van der Waals surface area contributed by atoms with Gasteiger partial charge in [-0.3, -0.25) is 4.79 Å². The first-order valence-electron chi connectivity index (χ1n) is 6.15. The van der Waals surface area contributed by atoms with Crippen molar-refractivity contribution in [2.24, 2.45) is 5.73 Å². The van der Waals surface area contributed by atoms with Crippen LogP contribution in [0.15, 0.2) is 42.5 Å². The molecule has 0 unspecified atom stereocenters. The highest BCUT2D eigenvalue weighted by molar-refractivity contribution is 6.04. The van der Waals surface area contributed by atoms with Crippen LogP contribution in [0.4, 0.5) is 14.5 Å². The fraction of sp³-hybridized carbons (Fsp3) is 0.133. The van der Waals surface area contributed by atoms with Crippen LogP contribution in [0.5, 0.6) is 0 Å². The summed E-state index contributed by atoms with van der Waals surface area (Å²) < 4.78 is 25.8. The highest BCUT2D eigenvalue weighted by atomic mass is 19.2. The van der Waals surface area contributed by atoms with Gasteiger partial charge >= 0.3 is 0 Å². The zero-order valence-corrected chi connectivity index (χ0v) is 10.7. The Hall–Kier alpha value is -2.27. The Morgan fingerprint density at radius 2 is 1.75 bits per heavy atom. The zero-order valence-electron chi connectivity index (χ0n) is 10.7. The molecule has 0 radical (unpaired) electrons. The lowest BCUT2D eigenvalue weighted by Gasteiger charge is -2.06. The first-order chi connectivity index (χ1) is 9.60. The summed E-state index contributed by atoms with van der Waals surface area (Å²) in [6.07, 6.45) is 0.741. The van der Waals surface area contributed by atoms with E-state index in [2.05, 4.69) is 5.32 Å². The van der Waals surface area contributed by atoms with E-state index in [9.17, 15) is 13.6 Å². The number of nitrogens with two attached hydrogens (primary N) is 1. The third-order valence-corrected chi connectivity index (χ3v) is 2.83. The molecule has 104 valence electrons. The average Bonchev–Trinajstić information content (AvgIpc) is 2.44. The van der Waals surface area contributed by atoms with Crippen molar-refractivity contribution in [2.75, 3.05) is 11.9 Å². The number of halogens is 2. The number of anilines is 1. The van der Waals surface area contributed by atoms with Crippen molar-refractivity contribution < 1.29 is 13.6 Å². The minimum atomic E-state index is -0.999. The molecular weight excluding hydrogens is 262 g/mol. The second-order valence-electron chi connectivity index (χ2n) is 4.32. The lowest BCUT2D eigenvalue weighted by Crippen LogP contribution is -2.12. The van der Waals surface area contributed by atoms with E-state index in [-0.39, 0.29) is 11.6 Å². The second-order valence-corrected chi connectivity index (χ2v) is 4.32. The van der Waals surface area contributed by atoms with E-state index in [0.29, 0.717) is 12.1 Å². The monoisotopic (exact) mass is 276 g/mol. The molecule has 0 saturated heterocycles. The van der Waals surface area contributed by atoms with E-state index in [1.807, 2.05) is 12.1 Å². The van der Waals surface area contributed by atoms with E-state index in [4.69, 9.17) is 5.73 Å². The number of rotatable bonds is 4. The van der Waals surface area contributed by atoms with Gasteiger partial charge in [0.1, 0.15) is 0 Å². The molecule has 2 aromatic carbocycles. The van der Waals surface area contributed by atoms with Crippen molar-refractivity contribution in [1.82, 2.24) is 0 Å². The molecule has 2 rings (SSSR count). The fourth-order valence-corrected chi connectivity index (χ4v) is 1.77. The lowest BCUT2D eigenvalue weighted by atomic mass is 10.1. The number of carbonyl (C=O) groups is 1. The summed E-state index contributed by atoms with van der Waals surface area (Å²) in [5, 5.41) is 2.51. The lowest BCUT2D eigenvalue weighted by molar-refractivity contribution is 0.102. The van der Waals surface area contributed by atoms with Crippen LogP contribution in [-0.4, -0.2) is 12.5 Å². The molecule has 0 spiro atoms. The number of hydrogen-bond acceptors (Lipinski definition) is 2. The summed E-state index contributed by atoms with van der Waals surface area (Å²) in [4.78, 5) is 11.9. The average molecular weight is 276 g/mol. The fourth-order valence-electron chi connectivity index (χ4n) is 1.77. The highest BCUT2D eigenvalue weighted by Crippen LogP contribution is 2.14. The molecule has 0 aliphatic heterocycles. The number of hydrogen-bond donors (Lipinski definition) is 2. The normalized spacial score (nSPS) is 10.3. The van der Waals surface area contributed by atoms with Crippen molar-refractivity contribution in [2.45, 2.75) is 6.42 Å². The number of carbonyl (C=O) groups excluding carboxylic acids is 1. The van der Waals surface area contributed by atoms with Crippen molar-refractivity contribution in [3.05, 3.63) is 65.2 Å². The van der Waals surface area contributed by atoms with Crippen molar-refractivity contribution in [3.8, 4) is 0 Å². The molecular formula is C15H14F2N2O. The SMILES string of the molecule is NCCc1ccc(C(=O)Nc2ccc(F)c(F)c2)cc1. The Morgan fingerprint density at radius 3 is 2.35 bits per heavy atom. The van der Waals surface area contributed by atoms with Crippen LogP contribution in [0.3, 0.4) is 0 Å². The summed E-state index contributed by atoms with van der Waals surface area (Å²) in [6, 6.07) is 10.2. The third kappa shape index (κ3) is 3.39. The quantitative estimate of drug-likeness (QED) is 0.902. The number of amides is 1. The first kappa shape index (κ1) is 14.1. The molecule has 0 aromatic heterocycles. The smallest absolute Gasteiger partial charge is 0.255 e. The van der Waals surface area contributed by atoms with Crippen molar-refractivity contribution >= 4 is 11.6 Å². The topological polar surface area (TPSA) is 55.1 Å². The minimum Gasteiger partial charge on any atom is -0.330 e. The summed E-state index contributed by atoms with van der Waals surface area (Å²) >= 11 is 0. The molecule has 0 saturated carbocycles. The zero-order chi connectivity index (χ0) is 14.5. The van der Waals surface area contributed by atoms with Gasteiger partial charge in [0.2, 0.25) is 0 Å². The molecule has 1 amide bonds. The van der Waals surface area contributed by atoms with Crippen molar-refractivity contribution in [3.63, 3.8) is 0 Å². The van der Waals surface area contributed by atoms with Crippen LogP contribution in [0.25, 0.3) is 0 Å². The Morgan fingerprint density at radius 1 is 1.05 bits per heavy atom. The van der Waals surface area contributed by atoms with Gasteiger partial charge in [-0.15, -0.1) is 0 Å². The van der Waals surface area contributed by atoms with Crippen LogP contribution >= 0.6 is 0 Å². The maximum atomic E-state index is 13.0. The van der Waals surface area contributed by atoms with Gasteiger partial charge in [-0.05, 0) is 42.8 Å². The van der Waals surface area contributed by atoms with Gasteiger partial charge in [0.05, 0.1) is 0 Å². The Balaban J connectivity index is 2.09. The van der Waals surface area contributed by atoms with Crippen LogP contribution in [0.2, 0.25) is 0 Å². The molecule has 0 fully saturated rings. The Bertz CT molecular complexity index is 612. The van der Waals surface area contributed by atoms with Crippen LogP contribution in [-0.2, 0) is 6.42 Å². The summed E-state index contributed by atoms with van der Waals surface area (Å²) in [6.45, 7) is 0.542. The van der Waals surface area contributed by atoms with E-state index >= 15 is 0 Å². The van der Waals surface area contributed by atoms with Gasteiger partial charge in [-0.1, -0.05) is 12.1 Å². The molecule has 0 heterocycles. The predicted octanol–water partition coefficient (Wildman–Crippen LogP) is 2.72. The van der Waals surface area contributed by atoms with E-state index in [0.717, 1.165) is 24.1 Å². The van der Waals surface area contributed by atoms with Crippen LogP contribution < -0.4 is 11.1 Å². The molecule has 0 bridgehead atoms. The minimum absolute atomic E-state index is 0.208. The summed E-state index contributed by atoms with van der Waals surface area (Å²) in [7, 11) is 0. The van der Waals surface area contributed by atoms with Gasteiger partial charge < -0.3 is 11.1 Å². The summed E-state index contributed by atoms with van der Waals surface area (Å²) in [5.74, 6) is -2.33. The molecule has 0 aliphatic rings. The molecule has 3 N–H and O–H groups in total. The first-order valence-corrected chi connectivity index (χ1v) is 6.15. The Labute approximate surface area is 115 Å². The van der Waals surface area contributed by atoms with Gasteiger partial charge in [0.15, 0.2) is 11.6 Å². The van der Waals surface area contributed by atoms with E-state index in [1.54, 1.807) is 12.1 Å². The number of benzene rings is 2. The standard InChI is InChI=1S/C15H14F2N2O/c16-13-6-5-12(9-14(13)17)19-15(20)11-3-1-10(2-4-11)7-8-18/h1-6,9H,7-8,18H2,(H,19,20). The predicted molar refractivity (Wildman–Crippen MR) is 73.5 cm³/mol. The van der Waals surface area contributed by atoms with E-state index in [1.165, 1.54) is 6.07 Å². The highest BCUT2D eigenvalue weighted by Gasteiger charge is 2.08. The van der Waals surface area contributed by atoms with Crippen molar-refractivity contribution in [1.29, 1.82) is 0 Å². The Kier molecular flexibility index (Phi) is 4.42. The maximum Gasteiger partial charge on any atom is 0.255 e. The van der Waals surface area contributed by atoms with Crippen LogP contribution in [0.1, 0.15) is 15.9 Å². The van der Waals surface area contributed by atoms with Gasteiger partial charge in [0, 0.05) is 17.3 Å². The summed E-state index contributed by atoms with van der Waals surface area (Å²) in [5.41, 5.74) is 7.13. The molecule has 0 atom stereocenters. The molecule has 20 heavy (non-hydrogen) atoms. The number of nitrogens with one attached hydrogen (secondary N) is 1. The molecule has 0 aliphatic carbocycles. The second kappa shape index (κ2) is 6.25. The molecule has 5 heteroatoms. The molecule has 3 nitrogen and oxygen atoms in total.